The van der Waals surface area contributed by atoms with Crippen LogP contribution < -0.4 is 11.5 Å². The van der Waals surface area contributed by atoms with Crippen LogP contribution in [0.1, 0.15) is 0 Å². The molecular formula is C6H14N2O6. The van der Waals surface area contributed by atoms with Gasteiger partial charge in [-0.2, -0.15) is 0 Å². The van der Waals surface area contributed by atoms with Gasteiger partial charge in [-0.25, -0.2) is 0 Å². The number of aliphatic hydroxyl groups excluding tert-OH is 4. The maximum Gasteiger partial charge on any atom is 0.267 e. The lowest BCUT2D eigenvalue weighted by atomic mass is 9.98. The molecule has 0 heterocycles. The summed E-state index contributed by atoms with van der Waals surface area (Å²) in [5, 5.41) is 44.5. The van der Waals surface area contributed by atoms with E-state index in [1.165, 1.54) is 0 Å². The Bertz CT molecular complexity index is 208. The molecule has 0 saturated carbocycles. The monoisotopic (exact) mass is 210 g/mol. The topological polar surface area (TPSA) is 170 Å². The zero-order valence-corrected chi connectivity index (χ0v) is 7.24. The van der Waals surface area contributed by atoms with Crippen molar-refractivity contribution in [3.8, 4) is 0 Å². The highest BCUT2D eigenvalue weighted by Gasteiger charge is 2.44. The minimum atomic E-state index is -2.87. The molecular weight excluding hydrogens is 196 g/mol. The second-order valence-electron chi connectivity index (χ2n) is 2.87. The molecule has 0 bridgehead atoms. The predicted octanol–water partition coefficient (Wildman–Crippen LogP) is -4.81. The van der Waals surface area contributed by atoms with Crippen LogP contribution in [0.5, 0.6) is 0 Å². The normalized spacial score (nSPS) is 22.1. The fourth-order valence-corrected chi connectivity index (χ4v) is 0.725. The summed E-state index contributed by atoms with van der Waals surface area (Å²) in [6.45, 7) is -0.868. The molecule has 0 aromatic heterocycles. The molecule has 8 heteroatoms. The fourth-order valence-electron chi connectivity index (χ4n) is 0.725. The number of nitrogens with two attached hydrogens (primary N) is 2. The van der Waals surface area contributed by atoms with E-state index in [2.05, 4.69) is 5.73 Å². The van der Waals surface area contributed by atoms with Crippen LogP contribution in [-0.4, -0.2) is 62.1 Å². The Morgan fingerprint density at radius 1 is 1.36 bits per heavy atom. The molecule has 9 N–H and O–H groups in total. The number of primary amides is 1. The number of carbonyl (C=O) groups is 1. The van der Waals surface area contributed by atoms with Crippen LogP contribution in [0.3, 0.4) is 0 Å². The van der Waals surface area contributed by atoms with Gasteiger partial charge in [0.25, 0.3) is 5.91 Å². The Kier molecular flexibility index (Phi) is 4.39. The van der Waals surface area contributed by atoms with E-state index >= 15 is 0 Å². The summed E-state index contributed by atoms with van der Waals surface area (Å²) in [6.07, 6.45) is -5.91. The highest BCUT2D eigenvalue weighted by Crippen LogP contribution is 2.10. The van der Waals surface area contributed by atoms with Crippen molar-refractivity contribution in [1.29, 1.82) is 0 Å². The summed E-state index contributed by atoms with van der Waals surface area (Å²) < 4.78 is 0. The SMILES string of the molecule is NC(=O)[C@](N)(O)[C@@H](O)[C@H](O)[C@H](O)CO. The third kappa shape index (κ3) is 2.61. The lowest BCUT2D eigenvalue weighted by Crippen LogP contribution is -2.65. The van der Waals surface area contributed by atoms with E-state index in [9.17, 15) is 4.79 Å². The number of carbonyl (C=O) groups excluding carboxylic acids is 1. The summed E-state index contributed by atoms with van der Waals surface area (Å²) in [4.78, 5) is 10.5. The minimum absolute atomic E-state index is 0.868. The maximum absolute atomic E-state index is 10.5. The van der Waals surface area contributed by atoms with E-state index < -0.39 is 36.6 Å². The zero-order valence-electron chi connectivity index (χ0n) is 7.24. The number of hydrogen-bond donors (Lipinski definition) is 7. The van der Waals surface area contributed by atoms with Gasteiger partial charge >= 0.3 is 0 Å². The summed E-state index contributed by atoms with van der Waals surface area (Å²) in [6, 6.07) is 0. The van der Waals surface area contributed by atoms with Gasteiger partial charge in [0.1, 0.15) is 18.3 Å². The van der Waals surface area contributed by atoms with Crippen molar-refractivity contribution in [2.45, 2.75) is 24.0 Å². The van der Waals surface area contributed by atoms with Crippen molar-refractivity contribution in [1.82, 2.24) is 0 Å². The number of rotatable bonds is 5. The first kappa shape index (κ1) is 13.2. The largest absolute Gasteiger partial charge is 0.394 e. The first-order chi connectivity index (χ1) is 6.25. The zero-order chi connectivity index (χ0) is 11.5. The molecule has 0 spiro atoms. The fraction of sp³-hybridized carbons (Fsp3) is 0.833. The standard InChI is InChI=1S/C6H14N2O6/c7-5(13)6(8,14)4(12)3(11)2(10)1-9/h2-4,9-12,14H,1,8H2,(H2,7,13)/t2-,3-,4+,6-/m1/s1. The van der Waals surface area contributed by atoms with E-state index in [0.717, 1.165) is 0 Å². The van der Waals surface area contributed by atoms with Crippen LogP contribution in [0.4, 0.5) is 0 Å². The third-order valence-corrected chi connectivity index (χ3v) is 1.75. The summed E-state index contributed by atoms with van der Waals surface area (Å²) in [5.41, 5.74) is 6.63. The average molecular weight is 210 g/mol. The van der Waals surface area contributed by atoms with Gasteiger partial charge in [-0.05, 0) is 0 Å². The van der Waals surface area contributed by atoms with Crippen LogP contribution in [0.25, 0.3) is 0 Å². The van der Waals surface area contributed by atoms with E-state index in [-0.39, 0.29) is 0 Å². The highest BCUT2D eigenvalue weighted by molar-refractivity contribution is 5.83. The van der Waals surface area contributed by atoms with Crippen LogP contribution >= 0.6 is 0 Å². The molecule has 14 heavy (non-hydrogen) atoms. The molecule has 0 aliphatic heterocycles. The van der Waals surface area contributed by atoms with E-state index in [0.29, 0.717) is 0 Å². The highest BCUT2D eigenvalue weighted by atomic mass is 16.4. The second-order valence-corrected chi connectivity index (χ2v) is 2.87. The Balaban J connectivity index is 4.60. The van der Waals surface area contributed by atoms with Gasteiger partial charge in [0.2, 0.25) is 5.72 Å². The molecule has 0 aliphatic carbocycles. The second kappa shape index (κ2) is 4.64. The van der Waals surface area contributed by atoms with Gasteiger partial charge in [0.15, 0.2) is 0 Å². The molecule has 0 aliphatic rings. The van der Waals surface area contributed by atoms with E-state index in [4.69, 9.17) is 31.3 Å². The molecule has 0 fully saturated rings. The van der Waals surface area contributed by atoms with Crippen molar-refractivity contribution in [2.24, 2.45) is 11.5 Å². The minimum Gasteiger partial charge on any atom is -0.394 e. The maximum atomic E-state index is 10.5. The molecule has 4 atom stereocenters. The summed E-state index contributed by atoms with van der Waals surface area (Å²) in [5.74, 6) is -1.46. The molecule has 0 saturated heterocycles. The van der Waals surface area contributed by atoms with Gasteiger partial charge in [-0.15, -0.1) is 0 Å². The van der Waals surface area contributed by atoms with Crippen molar-refractivity contribution in [3.63, 3.8) is 0 Å². The number of aliphatic hydroxyl groups is 5. The van der Waals surface area contributed by atoms with Gasteiger partial charge in [-0.1, -0.05) is 0 Å². The van der Waals surface area contributed by atoms with Crippen molar-refractivity contribution < 1.29 is 30.3 Å². The molecule has 0 unspecified atom stereocenters. The van der Waals surface area contributed by atoms with Crippen molar-refractivity contribution in [2.75, 3.05) is 6.61 Å². The van der Waals surface area contributed by atoms with Gasteiger partial charge in [0.05, 0.1) is 6.61 Å². The Morgan fingerprint density at radius 2 is 1.79 bits per heavy atom. The lowest BCUT2D eigenvalue weighted by molar-refractivity contribution is -0.172. The van der Waals surface area contributed by atoms with Crippen molar-refractivity contribution >= 4 is 5.91 Å². The van der Waals surface area contributed by atoms with Gasteiger partial charge < -0.3 is 31.3 Å². The summed E-state index contributed by atoms with van der Waals surface area (Å²) in [7, 11) is 0. The van der Waals surface area contributed by atoms with Gasteiger partial charge in [-0.3, -0.25) is 10.5 Å². The first-order valence-corrected chi connectivity index (χ1v) is 3.71. The number of amides is 1. The van der Waals surface area contributed by atoms with E-state index in [1.54, 1.807) is 0 Å². The van der Waals surface area contributed by atoms with Crippen LogP contribution in [-0.2, 0) is 4.79 Å². The van der Waals surface area contributed by atoms with Gasteiger partial charge in [0, 0.05) is 0 Å². The molecule has 0 aromatic rings. The van der Waals surface area contributed by atoms with Crippen LogP contribution in [0.15, 0.2) is 0 Å². The van der Waals surface area contributed by atoms with Crippen LogP contribution in [0.2, 0.25) is 0 Å². The third-order valence-electron chi connectivity index (χ3n) is 1.75. The molecule has 84 valence electrons. The lowest BCUT2D eigenvalue weighted by Gasteiger charge is -2.30. The average Bonchev–Trinajstić information content (AvgIpc) is 2.13. The molecule has 8 nitrogen and oxygen atoms in total. The van der Waals surface area contributed by atoms with Crippen molar-refractivity contribution in [3.05, 3.63) is 0 Å². The Morgan fingerprint density at radius 3 is 2.07 bits per heavy atom. The Hall–Kier alpha value is -0.770. The quantitative estimate of drug-likeness (QED) is 0.223. The number of hydrogen-bond acceptors (Lipinski definition) is 7. The molecule has 1 amide bonds. The Labute approximate surface area is 79.4 Å². The van der Waals surface area contributed by atoms with E-state index in [1.807, 2.05) is 0 Å². The smallest absolute Gasteiger partial charge is 0.267 e. The molecule has 0 radical (unpaired) electrons. The van der Waals surface area contributed by atoms with Crippen LogP contribution in [0, 0.1) is 0 Å². The molecule has 0 aromatic carbocycles. The molecule has 0 rings (SSSR count). The summed E-state index contributed by atoms with van der Waals surface area (Å²) >= 11 is 0. The predicted molar refractivity (Wildman–Crippen MR) is 43.4 cm³/mol. The first-order valence-electron chi connectivity index (χ1n) is 3.71.